The van der Waals surface area contributed by atoms with Crippen LogP contribution in [0.4, 0.5) is 4.39 Å². The maximum Gasteiger partial charge on any atom is 0.289 e. The highest BCUT2D eigenvalue weighted by atomic mass is 79.9. The molecule has 0 saturated carbocycles. The second-order valence-electron chi connectivity index (χ2n) is 6.90. The Kier molecular flexibility index (Phi) is 6.17. The molecule has 2 atom stereocenters. The van der Waals surface area contributed by atoms with Gasteiger partial charge < -0.3 is 23.8 Å². The molecule has 0 spiro atoms. The monoisotopic (exact) mass is 507 g/mol. The van der Waals surface area contributed by atoms with E-state index in [1.54, 1.807) is 19.1 Å². The van der Waals surface area contributed by atoms with Crippen LogP contribution in [0.5, 0.6) is 23.0 Å². The van der Waals surface area contributed by atoms with Gasteiger partial charge in [0.25, 0.3) is 5.91 Å². The highest BCUT2D eigenvalue weighted by Gasteiger charge is 2.42. The molecule has 2 aliphatic heterocycles. The number of methoxy groups -OCH3 is 2. The van der Waals surface area contributed by atoms with E-state index in [1.165, 1.54) is 32.6 Å². The van der Waals surface area contributed by atoms with Gasteiger partial charge in [0, 0.05) is 0 Å². The lowest BCUT2D eigenvalue weighted by Crippen LogP contribution is -2.31. The lowest BCUT2D eigenvalue weighted by molar-refractivity contribution is -0.115. The Morgan fingerprint density at radius 1 is 1.28 bits per heavy atom. The highest BCUT2D eigenvalue weighted by molar-refractivity contribution is 9.10. The normalized spacial score (nSPS) is 19.0. The minimum Gasteiger partial charge on any atom is -0.492 e. The number of halogens is 2. The molecular formula is C21H19BrFN3O6. The van der Waals surface area contributed by atoms with Gasteiger partial charge in [0.05, 0.1) is 36.4 Å². The lowest BCUT2D eigenvalue weighted by Gasteiger charge is -2.22. The van der Waals surface area contributed by atoms with E-state index in [0.717, 1.165) is 0 Å². The Labute approximate surface area is 191 Å². The van der Waals surface area contributed by atoms with E-state index in [9.17, 15) is 9.18 Å². The van der Waals surface area contributed by atoms with Gasteiger partial charge in [-0.1, -0.05) is 24.2 Å². The van der Waals surface area contributed by atoms with Crippen molar-refractivity contribution in [2.75, 3.05) is 21.0 Å². The Bertz CT molecular complexity index is 1120. The molecule has 0 fully saturated rings. The molecule has 2 heterocycles. The van der Waals surface area contributed by atoms with Gasteiger partial charge in [-0.05, 0) is 33.6 Å². The Morgan fingerprint density at radius 2 is 2.03 bits per heavy atom. The third-order valence-corrected chi connectivity index (χ3v) is 5.80. The Hall–Kier alpha value is -3.34. The molecule has 9 nitrogen and oxygen atoms in total. The molecule has 2 aliphatic rings. The molecular weight excluding hydrogens is 489 g/mol. The third-order valence-electron chi connectivity index (χ3n) is 5.01. The van der Waals surface area contributed by atoms with Gasteiger partial charge in [-0.25, -0.2) is 9.82 Å². The maximum absolute atomic E-state index is 13.3. The molecule has 0 radical (unpaired) electrons. The van der Waals surface area contributed by atoms with Crippen molar-refractivity contribution < 1.29 is 33.0 Å². The number of hydrogen-bond acceptors (Lipinski definition) is 8. The van der Waals surface area contributed by atoms with Crippen LogP contribution in [0.1, 0.15) is 24.2 Å². The standard InChI is InChI=1S/C21H19BrFN3O6/c1-10-15(21(27)25-24-8-11-5-4-6-12(23)7-11)26-32-16(10)13-14(22)18-20(31-9-30-18)19(29-3)17(13)28-2/h4-8,10,16H,9H2,1-3H3,(H,25,27)/b24-8-/t10-,16-/m1/s1. The number of carbonyl (C=O) groups is 1. The largest absolute Gasteiger partial charge is 0.492 e. The van der Waals surface area contributed by atoms with E-state index < -0.39 is 23.7 Å². The summed E-state index contributed by atoms with van der Waals surface area (Å²) in [6.07, 6.45) is 0.664. The van der Waals surface area contributed by atoms with Crippen molar-refractivity contribution in [1.82, 2.24) is 5.43 Å². The smallest absolute Gasteiger partial charge is 0.289 e. The summed E-state index contributed by atoms with van der Waals surface area (Å²) in [6.45, 7) is 1.82. The van der Waals surface area contributed by atoms with Crippen molar-refractivity contribution >= 4 is 33.8 Å². The number of amides is 1. The molecule has 0 aliphatic carbocycles. The number of benzene rings is 2. The van der Waals surface area contributed by atoms with Crippen LogP contribution in [-0.2, 0) is 9.63 Å². The summed E-state index contributed by atoms with van der Waals surface area (Å²) in [5.74, 6) is 0.185. The fourth-order valence-corrected chi connectivity index (χ4v) is 4.19. The first-order chi connectivity index (χ1) is 15.5. The van der Waals surface area contributed by atoms with Crippen LogP contribution in [0.25, 0.3) is 0 Å². The van der Waals surface area contributed by atoms with Crippen molar-refractivity contribution in [3.63, 3.8) is 0 Å². The van der Waals surface area contributed by atoms with Gasteiger partial charge in [-0.3, -0.25) is 4.79 Å². The van der Waals surface area contributed by atoms with Crippen molar-refractivity contribution in [2.24, 2.45) is 16.2 Å². The number of ether oxygens (including phenoxy) is 4. The molecule has 11 heteroatoms. The van der Waals surface area contributed by atoms with Crippen LogP contribution < -0.4 is 24.4 Å². The van der Waals surface area contributed by atoms with E-state index in [2.05, 4.69) is 31.6 Å². The predicted molar refractivity (Wildman–Crippen MR) is 116 cm³/mol. The number of nitrogens with one attached hydrogen (secondary N) is 1. The first-order valence-electron chi connectivity index (χ1n) is 9.51. The summed E-state index contributed by atoms with van der Waals surface area (Å²) in [5, 5.41) is 7.83. The Balaban J connectivity index is 1.56. The lowest BCUT2D eigenvalue weighted by atomic mass is 9.92. The van der Waals surface area contributed by atoms with Crippen molar-refractivity contribution in [3.8, 4) is 23.0 Å². The van der Waals surface area contributed by atoms with E-state index >= 15 is 0 Å². The maximum atomic E-state index is 13.3. The van der Waals surface area contributed by atoms with Gasteiger partial charge >= 0.3 is 0 Å². The summed E-state index contributed by atoms with van der Waals surface area (Å²) in [6, 6.07) is 5.82. The number of carbonyl (C=O) groups excluding carboxylic acids is 1. The number of oxime groups is 1. The average Bonchev–Trinajstić information content (AvgIpc) is 3.41. The minimum absolute atomic E-state index is 0.0332. The average molecular weight is 508 g/mol. The van der Waals surface area contributed by atoms with E-state index in [1.807, 2.05) is 0 Å². The fraction of sp³-hybridized carbons (Fsp3) is 0.286. The number of nitrogens with zero attached hydrogens (tertiary/aromatic N) is 2. The fourth-order valence-electron chi connectivity index (χ4n) is 3.49. The number of rotatable bonds is 6. The molecule has 1 amide bonds. The number of hydrazone groups is 1. The first-order valence-corrected chi connectivity index (χ1v) is 10.3. The second-order valence-corrected chi connectivity index (χ2v) is 7.70. The summed E-state index contributed by atoms with van der Waals surface area (Å²) in [4.78, 5) is 18.2. The number of hydrogen-bond donors (Lipinski definition) is 1. The van der Waals surface area contributed by atoms with Gasteiger partial charge in [-0.2, -0.15) is 5.10 Å². The van der Waals surface area contributed by atoms with Crippen LogP contribution in [-0.4, -0.2) is 38.8 Å². The van der Waals surface area contributed by atoms with Crippen LogP contribution in [0.3, 0.4) is 0 Å². The molecule has 0 unspecified atom stereocenters. The zero-order chi connectivity index (χ0) is 22.8. The predicted octanol–water partition coefficient (Wildman–Crippen LogP) is 3.55. The van der Waals surface area contributed by atoms with Crippen molar-refractivity contribution in [1.29, 1.82) is 0 Å². The zero-order valence-electron chi connectivity index (χ0n) is 17.3. The molecule has 2 aromatic rings. The van der Waals surface area contributed by atoms with E-state index in [0.29, 0.717) is 38.6 Å². The van der Waals surface area contributed by atoms with Crippen molar-refractivity contribution in [2.45, 2.75) is 13.0 Å². The second kappa shape index (κ2) is 9.03. The van der Waals surface area contributed by atoms with Crippen LogP contribution in [0.2, 0.25) is 0 Å². The summed E-state index contributed by atoms with van der Waals surface area (Å²) in [7, 11) is 2.98. The van der Waals surface area contributed by atoms with Crippen LogP contribution in [0.15, 0.2) is 39.0 Å². The zero-order valence-corrected chi connectivity index (χ0v) is 18.9. The van der Waals surface area contributed by atoms with Gasteiger partial charge in [0.1, 0.15) is 5.82 Å². The van der Waals surface area contributed by atoms with Crippen LogP contribution in [0, 0.1) is 11.7 Å². The molecule has 1 N–H and O–H groups in total. The van der Waals surface area contributed by atoms with Crippen LogP contribution >= 0.6 is 15.9 Å². The summed E-state index contributed by atoms with van der Waals surface area (Å²) in [5.41, 5.74) is 3.59. The topological polar surface area (TPSA) is 100.0 Å². The molecule has 2 aromatic carbocycles. The third kappa shape index (κ3) is 3.83. The molecule has 168 valence electrons. The molecule has 0 bridgehead atoms. The van der Waals surface area contributed by atoms with E-state index in [4.69, 9.17) is 23.8 Å². The highest BCUT2D eigenvalue weighted by Crippen LogP contribution is 2.57. The SMILES string of the molecule is COc1c2c(c(Br)c([C@@H]3ON=C(C(=O)N/N=C\c4cccc(F)c4)[C@H]3C)c1OC)OCO2. The summed E-state index contributed by atoms with van der Waals surface area (Å²) < 4.78 is 35.9. The Morgan fingerprint density at radius 3 is 2.75 bits per heavy atom. The molecule has 4 rings (SSSR count). The first kappa shape index (κ1) is 21.9. The van der Waals surface area contributed by atoms with Gasteiger partial charge in [0.15, 0.2) is 23.3 Å². The number of fused-ring (bicyclic) bond motifs is 1. The van der Waals surface area contributed by atoms with Crippen molar-refractivity contribution in [3.05, 3.63) is 45.7 Å². The quantitative estimate of drug-likeness (QED) is 0.474. The van der Waals surface area contributed by atoms with Gasteiger partial charge in [0.2, 0.25) is 18.3 Å². The summed E-state index contributed by atoms with van der Waals surface area (Å²) >= 11 is 3.53. The molecule has 0 aromatic heterocycles. The van der Waals surface area contributed by atoms with Gasteiger partial charge in [-0.15, -0.1) is 0 Å². The molecule has 0 saturated heterocycles. The molecule has 32 heavy (non-hydrogen) atoms. The van der Waals surface area contributed by atoms with E-state index in [-0.39, 0.29) is 12.5 Å². The minimum atomic E-state index is -0.671.